The first kappa shape index (κ1) is 13.6. The highest BCUT2D eigenvalue weighted by molar-refractivity contribution is 5.96. The highest BCUT2D eigenvalue weighted by Crippen LogP contribution is 2.14. The average molecular weight is 287 g/mol. The molecule has 0 bridgehead atoms. The van der Waals surface area contributed by atoms with Crippen molar-refractivity contribution in [2.45, 2.75) is 32.4 Å². The van der Waals surface area contributed by atoms with Crippen molar-refractivity contribution in [2.24, 2.45) is 0 Å². The van der Waals surface area contributed by atoms with Gasteiger partial charge in [-0.15, -0.1) is 0 Å². The molecule has 2 heterocycles. The molecule has 0 unspecified atom stereocenters. The number of hydrogen-bond acceptors (Lipinski definition) is 4. The number of carbonyl (C=O) groups is 1. The van der Waals surface area contributed by atoms with E-state index in [9.17, 15) is 9.59 Å². The molecule has 0 saturated carbocycles. The van der Waals surface area contributed by atoms with E-state index in [-0.39, 0.29) is 18.0 Å². The van der Waals surface area contributed by atoms with E-state index in [1.807, 2.05) is 0 Å². The van der Waals surface area contributed by atoms with Gasteiger partial charge in [-0.1, -0.05) is 12.1 Å². The van der Waals surface area contributed by atoms with Crippen LogP contribution in [0.25, 0.3) is 0 Å². The molecule has 2 aromatic rings. The number of benzene rings is 1. The number of aromatic nitrogens is 3. The normalized spacial score (nSPS) is 13.8. The zero-order valence-electron chi connectivity index (χ0n) is 11.9. The lowest BCUT2D eigenvalue weighted by Gasteiger charge is -2.09. The molecule has 0 fully saturated rings. The number of ketones is 1. The maximum Gasteiger partial charge on any atom is 0.346 e. The monoisotopic (exact) mass is 287 g/mol. The Kier molecular flexibility index (Phi) is 3.60. The largest absolute Gasteiger partial charge is 0.497 e. The van der Waals surface area contributed by atoms with E-state index in [0.29, 0.717) is 17.9 Å². The third kappa shape index (κ3) is 2.61. The van der Waals surface area contributed by atoms with Crippen LogP contribution in [-0.4, -0.2) is 27.2 Å². The lowest BCUT2D eigenvalue weighted by Crippen LogP contribution is -2.29. The Labute approximate surface area is 122 Å². The maximum atomic E-state index is 12.3. The minimum atomic E-state index is -0.194. The van der Waals surface area contributed by atoms with Crippen LogP contribution in [0.1, 0.15) is 29.0 Å². The second-order valence-corrected chi connectivity index (χ2v) is 5.12. The summed E-state index contributed by atoms with van der Waals surface area (Å²) in [4.78, 5) is 24.5. The predicted molar refractivity (Wildman–Crippen MR) is 76.7 cm³/mol. The summed E-state index contributed by atoms with van der Waals surface area (Å²) < 4.78 is 8.04. The summed E-state index contributed by atoms with van der Waals surface area (Å²) in [5, 5.41) is 4.27. The number of aryl methyl sites for hydroxylation is 1. The number of fused-ring (bicyclic) bond motifs is 1. The van der Waals surface area contributed by atoms with Gasteiger partial charge < -0.3 is 4.74 Å². The van der Waals surface area contributed by atoms with Crippen LogP contribution in [-0.2, 0) is 19.5 Å². The van der Waals surface area contributed by atoms with E-state index < -0.39 is 0 Å². The molecular formula is C15H17N3O3. The third-order valence-corrected chi connectivity index (χ3v) is 3.72. The molecule has 1 aromatic heterocycles. The summed E-state index contributed by atoms with van der Waals surface area (Å²) in [6, 6.07) is 6.92. The smallest absolute Gasteiger partial charge is 0.346 e. The first-order valence-corrected chi connectivity index (χ1v) is 7.03. The standard InChI is InChI=1S/C15H17N3O3/c1-21-12-6-4-5-11(9-12)13(19)10-18-15(20)17-8-3-2-7-14(17)16-18/h4-6,9H,2-3,7-8,10H2,1H3. The zero-order valence-corrected chi connectivity index (χ0v) is 11.9. The fraction of sp³-hybridized carbons (Fsp3) is 0.400. The van der Waals surface area contributed by atoms with Crippen molar-refractivity contribution in [1.82, 2.24) is 14.3 Å². The SMILES string of the molecule is COc1cccc(C(=O)Cn2nc3n(c2=O)CCCC3)c1. The molecule has 21 heavy (non-hydrogen) atoms. The van der Waals surface area contributed by atoms with E-state index in [2.05, 4.69) is 5.10 Å². The summed E-state index contributed by atoms with van der Waals surface area (Å²) in [6.07, 6.45) is 2.83. The van der Waals surface area contributed by atoms with Crippen LogP contribution in [0, 0.1) is 0 Å². The molecule has 3 rings (SSSR count). The quantitative estimate of drug-likeness (QED) is 0.794. The molecular weight excluding hydrogens is 270 g/mol. The number of hydrogen-bond donors (Lipinski definition) is 0. The lowest BCUT2D eigenvalue weighted by atomic mass is 10.1. The molecule has 1 aliphatic heterocycles. The Morgan fingerprint density at radius 1 is 1.38 bits per heavy atom. The first-order valence-electron chi connectivity index (χ1n) is 7.03. The maximum absolute atomic E-state index is 12.3. The summed E-state index contributed by atoms with van der Waals surface area (Å²) in [5.41, 5.74) is 0.327. The van der Waals surface area contributed by atoms with Gasteiger partial charge in [0, 0.05) is 18.5 Å². The molecule has 0 spiro atoms. The van der Waals surface area contributed by atoms with Gasteiger partial charge in [0.05, 0.1) is 7.11 Å². The predicted octanol–water partition coefficient (Wildman–Crippen LogP) is 1.27. The van der Waals surface area contributed by atoms with Crippen LogP contribution in [0.3, 0.4) is 0 Å². The average Bonchev–Trinajstić information content (AvgIpc) is 2.84. The van der Waals surface area contributed by atoms with Crippen molar-refractivity contribution in [3.8, 4) is 5.75 Å². The second-order valence-electron chi connectivity index (χ2n) is 5.12. The molecule has 0 atom stereocenters. The van der Waals surface area contributed by atoms with Gasteiger partial charge in [0.2, 0.25) is 0 Å². The van der Waals surface area contributed by atoms with Gasteiger partial charge in [-0.05, 0) is 25.0 Å². The molecule has 6 heteroatoms. The summed E-state index contributed by atoms with van der Waals surface area (Å²) in [6.45, 7) is 0.660. The van der Waals surface area contributed by atoms with Gasteiger partial charge in [-0.2, -0.15) is 5.10 Å². The van der Waals surface area contributed by atoms with Crippen LogP contribution in [0.15, 0.2) is 29.1 Å². The zero-order chi connectivity index (χ0) is 14.8. The Morgan fingerprint density at radius 3 is 3.00 bits per heavy atom. The van der Waals surface area contributed by atoms with Crippen LogP contribution < -0.4 is 10.4 Å². The van der Waals surface area contributed by atoms with Crippen LogP contribution in [0.2, 0.25) is 0 Å². The van der Waals surface area contributed by atoms with Gasteiger partial charge in [-0.3, -0.25) is 9.36 Å². The number of nitrogens with zero attached hydrogens (tertiary/aromatic N) is 3. The lowest BCUT2D eigenvalue weighted by molar-refractivity contribution is 0.0965. The second kappa shape index (κ2) is 5.55. The Balaban J connectivity index is 1.84. The van der Waals surface area contributed by atoms with Crippen molar-refractivity contribution >= 4 is 5.78 Å². The number of ether oxygens (including phenoxy) is 1. The number of rotatable bonds is 4. The molecule has 110 valence electrons. The van der Waals surface area contributed by atoms with Crippen molar-refractivity contribution in [3.63, 3.8) is 0 Å². The molecule has 0 amide bonds. The van der Waals surface area contributed by atoms with Gasteiger partial charge in [0.25, 0.3) is 0 Å². The van der Waals surface area contributed by atoms with E-state index in [0.717, 1.165) is 25.1 Å². The Bertz CT molecular complexity index is 730. The minimum Gasteiger partial charge on any atom is -0.497 e. The van der Waals surface area contributed by atoms with Crippen molar-refractivity contribution < 1.29 is 9.53 Å². The fourth-order valence-electron chi connectivity index (χ4n) is 2.58. The minimum absolute atomic E-state index is 0.0357. The first-order chi connectivity index (χ1) is 10.2. The van der Waals surface area contributed by atoms with Crippen molar-refractivity contribution in [1.29, 1.82) is 0 Å². The highest BCUT2D eigenvalue weighted by atomic mass is 16.5. The topological polar surface area (TPSA) is 66.1 Å². The molecule has 6 nitrogen and oxygen atoms in total. The highest BCUT2D eigenvalue weighted by Gasteiger charge is 2.18. The third-order valence-electron chi connectivity index (χ3n) is 3.72. The van der Waals surface area contributed by atoms with Gasteiger partial charge in [0.1, 0.15) is 18.1 Å². The van der Waals surface area contributed by atoms with Gasteiger partial charge in [0.15, 0.2) is 5.78 Å². The van der Waals surface area contributed by atoms with E-state index in [1.54, 1.807) is 35.9 Å². The van der Waals surface area contributed by atoms with E-state index >= 15 is 0 Å². The van der Waals surface area contributed by atoms with Gasteiger partial charge >= 0.3 is 5.69 Å². The molecule has 0 N–H and O–H groups in total. The van der Waals surface area contributed by atoms with E-state index in [1.165, 1.54) is 4.68 Å². The summed E-state index contributed by atoms with van der Waals surface area (Å²) in [7, 11) is 1.55. The number of carbonyl (C=O) groups excluding carboxylic acids is 1. The molecule has 0 radical (unpaired) electrons. The van der Waals surface area contributed by atoms with Gasteiger partial charge in [-0.25, -0.2) is 9.48 Å². The van der Waals surface area contributed by atoms with Crippen molar-refractivity contribution in [2.75, 3.05) is 7.11 Å². The van der Waals surface area contributed by atoms with Crippen molar-refractivity contribution in [3.05, 3.63) is 46.1 Å². The van der Waals surface area contributed by atoms with Crippen LogP contribution in [0.4, 0.5) is 0 Å². The summed E-state index contributed by atoms with van der Waals surface area (Å²) >= 11 is 0. The van der Waals surface area contributed by atoms with Crippen LogP contribution in [0.5, 0.6) is 5.75 Å². The Hall–Kier alpha value is -2.37. The molecule has 0 aliphatic carbocycles. The number of Topliss-reactive ketones (excluding diaryl/α,β-unsaturated/α-hetero) is 1. The summed E-state index contributed by atoms with van der Waals surface area (Å²) in [5.74, 6) is 1.26. The molecule has 1 aromatic carbocycles. The molecule has 1 aliphatic rings. The fourth-order valence-corrected chi connectivity index (χ4v) is 2.58. The van der Waals surface area contributed by atoms with Crippen LogP contribution >= 0.6 is 0 Å². The Morgan fingerprint density at radius 2 is 2.24 bits per heavy atom. The number of methoxy groups -OCH3 is 1. The molecule has 0 saturated heterocycles. The van der Waals surface area contributed by atoms with E-state index in [4.69, 9.17) is 4.74 Å².